The summed E-state index contributed by atoms with van der Waals surface area (Å²) in [5, 5.41) is 2.49. The first-order valence-corrected chi connectivity index (χ1v) is 5.46. The summed E-state index contributed by atoms with van der Waals surface area (Å²) < 4.78 is 35.5. The van der Waals surface area contributed by atoms with Crippen LogP contribution in [0.5, 0.6) is 0 Å². The number of rotatable bonds is 5. The summed E-state index contributed by atoms with van der Waals surface area (Å²) in [4.78, 5) is 15.3. The van der Waals surface area contributed by atoms with Crippen LogP contribution in [0.1, 0.15) is 29.8 Å². The van der Waals surface area contributed by atoms with Crippen molar-refractivity contribution in [2.45, 2.75) is 25.4 Å². The van der Waals surface area contributed by atoms with Gasteiger partial charge in [0.15, 0.2) is 0 Å². The Balaban J connectivity index is 2.26. The molecule has 100 valence electrons. The molecule has 0 bridgehead atoms. The lowest BCUT2D eigenvalue weighted by Gasteiger charge is -2.07. The van der Waals surface area contributed by atoms with E-state index in [4.69, 9.17) is 5.73 Å². The molecular weight excluding hydrogens is 247 g/mol. The first kappa shape index (κ1) is 14.3. The molecule has 0 atom stereocenters. The molecule has 1 amide bonds. The van der Waals surface area contributed by atoms with Crippen LogP contribution >= 0.6 is 0 Å². The number of carbonyl (C=O) groups is 1. The summed E-state index contributed by atoms with van der Waals surface area (Å²) in [6.07, 6.45) is -4.71. The van der Waals surface area contributed by atoms with Gasteiger partial charge in [-0.25, -0.2) is 4.98 Å². The maximum Gasteiger partial charge on any atom is 0.389 e. The number of aromatic nitrogens is 1. The van der Waals surface area contributed by atoms with Gasteiger partial charge in [-0.3, -0.25) is 4.79 Å². The van der Waals surface area contributed by atoms with Gasteiger partial charge in [0, 0.05) is 13.0 Å². The molecule has 0 spiro atoms. The van der Waals surface area contributed by atoms with E-state index in [2.05, 4.69) is 10.3 Å². The van der Waals surface area contributed by atoms with Crippen molar-refractivity contribution in [1.29, 1.82) is 0 Å². The van der Waals surface area contributed by atoms with Crippen LogP contribution in [0.4, 0.5) is 19.0 Å². The molecule has 0 aromatic carbocycles. The predicted molar refractivity (Wildman–Crippen MR) is 60.9 cm³/mol. The number of pyridine rings is 1. The summed E-state index contributed by atoms with van der Waals surface area (Å²) >= 11 is 0. The number of halogens is 3. The summed E-state index contributed by atoms with van der Waals surface area (Å²) in [6.45, 7) is 0.186. The molecule has 0 unspecified atom stereocenters. The monoisotopic (exact) mass is 261 g/mol. The first-order valence-electron chi connectivity index (χ1n) is 5.46. The number of nitrogens with two attached hydrogens (primary N) is 1. The fourth-order valence-electron chi connectivity index (χ4n) is 1.32. The fraction of sp³-hybridized carbons (Fsp3) is 0.455. The third-order valence-electron chi connectivity index (χ3n) is 2.18. The molecule has 0 fully saturated rings. The number of nitrogen functional groups attached to an aromatic ring is 1. The second kappa shape index (κ2) is 6.23. The molecular formula is C11H14F3N3O. The van der Waals surface area contributed by atoms with Crippen molar-refractivity contribution in [2.75, 3.05) is 12.3 Å². The number of alkyl halides is 3. The number of carbonyl (C=O) groups excluding carboxylic acids is 1. The minimum absolute atomic E-state index is 0.00582. The Morgan fingerprint density at radius 1 is 1.33 bits per heavy atom. The van der Waals surface area contributed by atoms with Gasteiger partial charge in [0.1, 0.15) is 11.5 Å². The lowest BCUT2D eigenvalue weighted by Crippen LogP contribution is -2.25. The number of anilines is 1. The van der Waals surface area contributed by atoms with Crippen LogP contribution in [0, 0.1) is 0 Å². The molecule has 0 aliphatic carbocycles. The smallest absolute Gasteiger partial charge is 0.384 e. The minimum atomic E-state index is -4.14. The molecule has 1 aromatic rings. The molecule has 18 heavy (non-hydrogen) atoms. The van der Waals surface area contributed by atoms with E-state index in [1.165, 1.54) is 6.07 Å². The zero-order chi connectivity index (χ0) is 13.6. The molecule has 7 heteroatoms. The molecule has 4 nitrogen and oxygen atoms in total. The summed E-state index contributed by atoms with van der Waals surface area (Å²) in [5.74, 6) is -0.214. The van der Waals surface area contributed by atoms with Crippen molar-refractivity contribution < 1.29 is 18.0 Å². The average Bonchev–Trinajstić information content (AvgIpc) is 2.26. The number of nitrogens with one attached hydrogen (secondary N) is 1. The van der Waals surface area contributed by atoms with Crippen LogP contribution < -0.4 is 11.1 Å². The van der Waals surface area contributed by atoms with E-state index in [9.17, 15) is 18.0 Å². The average molecular weight is 261 g/mol. The molecule has 0 aliphatic rings. The Labute approximate surface area is 102 Å². The highest BCUT2D eigenvalue weighted by atomic mass is 19.4. The van der Waals surface area contributed by atoms with Gasteiger partial charge in [-0.1, -0.05) is 6.07 Å². The van der Waals surface area contributed by atoms with Crippen molar-refractivity contribution >= 4 is 11.7 Å². The van der Waals surface area contributed by atoms with Crippen molar-refractivity contribution in [3.05, 3.63) is 23.9 Å². The Morgan fingerprint density at radius 2 is 2.06 bits per heavy atom. The van der Waals surface area contributed by atoms with E-state index in [-0.39, 0.29) is 30.9 Å². The van der Waals surface area contributed by atoms with E-state index >= 15 is 0 Å². The van der Waals surface area contributed by atoms with E-state index < -0.39 is 18.5 Å². The predicted octanol–water partition coefficient (Wildman–Crippen LogP) is 2.13. The lowest BCUT2D eigenvalue weighted by molar-refractivity contribution is -0.135. The SMILES string of the molecule is Nc1cccc(C(=O)NCCCCC(F)(F)F)n1. The van der Waals surface area contributed by atoms with Crippen LogP contribution in [-0.4, -0.2) is 23.6 Å². The van der Waals surface area contributed by atoms with Crippen LogP contribution in [0.25, 0.3) is 0 Å². The Kier molecular flexibility index (Phi) is 4.94. The molecule has 0 saturated carbocycles. The van der Waals surface area contributed by atoms with Crippen molar-refractivity contribution in [3.63, 3.8) is 0 Å². The number of hydrogen-bond acceptors (Lipinski definition) is 3. The third-order valence-corrected chi connectivity index (χ3v) is 2.18. The quantitative estimate of drug-likeness (QED) is 0.798. The molecule has 1 rings (SSSR count). The van der Waals surface area contributed by atoms with E-state index in [0.29, 0.717) is 0 Å². The van der Waals surface area contributed by atoms with E-state index in [0.717, 1.165) is 0 Å². The number of amides is 1. The van der Waals surface area contributed by atoms with Gasteiger partial charge in [-0.15, -0.1) is 0 Å². The molecule has 0 aliphatic heterocycles. The van der Waals surface area contributed by atoms with E-state index in [1.54, 1.807) is 12.1 Å². The molecule has 1 heterocycles. The Morgan fingerprint density at radius 3 is 2.67 bits per heavy atom. The van der Waals surface area contributed by atoms with E-state index in [1.807, 2.05) is 0 Å². The fourth-order valence-corrected chi connectivity index (χ4v) is 1.32. The van der Waals surface area contributed by atoms with Crippen LogP contribution in [0.15, 0.2) is 18.2 Å². The molecule has 1 aromatic heterocycles. The highest BCUT2D eigenvalue weighted by Crippen LogP contribution is 2.21. The van der Waals surface area contributed by atoms with Gasteiger partial charge in [-0.2, -0.15) is 13.2 Å². The van der Waals surface area contributed by atoms with Gasteiger partial charge in [0.2, 0.25) is 0 Å². The highest BCUT2D eigenvalue weighted by molar-refractivity contribution is 5.92. The molecule has 0 saturated heterocycles. The lowest BCUT2D eigenvalue weighted by atomic mass is 10.2. The Hall–Kier alpha value is -1.79. The van der Waals surface area contributed by atoms with Crippen LogP contribution in [0.2, 0.25) is 0 Å². The normalized spacial score (nSPS) is 11.3. The topological polar surface area (TPSA) is 68.0 Å². The van der Waals surface area contributed by atoms with Gasteiger partial charge in [0.05, 0.1) is 0 Å². The second-order valence-electron chi connectivity index (χ2n) is 3.78. The first-order chi connectivity index (χ1) is 8.38. The Bertz CT molecular complexity index is 407. The van der Waals surface area contributed by atoms with Crippen molar-refractivity contribution in [2.24, 2.45) is 0 Å². The summed E-state index contributed by atoms with van der Waals surface area (Å²) in [6, 6.07) is 4.61. The van der Waals surface area contributed by atoms with Crippen molar-refractivity contribution in [3.8, 4) is 0 Å². The van der Waals surface area contributed by atoms with Crippen LogP contribution in [-0.2, 0) is 0 Å². The highest BCUT2D eigenvalue weighted by Gasteiger charge is 2.25. The van der Waals surface area contributed by atoms with Gasteiger partial charge >= 0.3 is 6.18 Å². The third kappa shape index (κ3) is 5.51. The summed E-state index contributed by atoms with van der Waals surface area (Å²) in [5.41, 5.74) is 5.56. The molecule has 3 N–H and O–H groups in total. The molecule has 0 radical (unpaired) electrons. The standard InChI is InChI=1S/C11H14F3N3O/c12-11(13,14)6-1-2-7-16-10(18)8-4-3-5-9(15)17-8/h3-5H,1-2,6-7H2,(H2,15,17)(H,16,18). The summed E-state index contributed by atoms with van der Waals surface area (Å²) in [7, 11) is 0. The van der Waals surface area contributed by atoms with Gasteiger partial charge < -0.3 is 11.1 Å². The number of hydrogen-bond donors (Lipinski definition) is 2. The van der Waals surface area contributed by atoms with Gasteiger partial charge in [0.25, 0.3) is 5.91 Å². The van der Waals surface area contributed by atoms with Crippen molar-refractivity contribution in [1.82, 2.24) is 10.3 Å². The number of nitrogens with zero attached hydrogens (tertiary/aromatic N) is 1. The zero-order valence-corrected chi connectivity index (χ0v) is 9.63. The minimum Gasteiger partial charge on any atom is -0.384 e. The van der Waals surface area contributed by atoms with Gasteiger partial charge in [-0.05, 0) is 25.0 Å². The van der Waals surface area contributed by atoms with Crippen LogP contribution in [0.3, 0.4) is 0 Å². The maximum atomic E-state index is 11.8. The maximum absolute atomic E-state index is 11.8. The second-order valence-corrected chi connectivity index (χ2v) is 3.78. The zero-order valence-electron chi connectivity index (χ0n) is 9.63. The number of unbranched alkanes of at least 4 members (excludes halogenated alkanes) is 1. The largest absolute Gasteiger partial charge is 0.389 e.